The first kappa shape index (κ1) is 7.56. The van der Waals surface area contributed by atoms with Crippen LogP contribution in [0, 0.1) is 5.92 Å². The van der Waals surface area contributed by atoms with E-state index in [1.54, 1.807) is 0 Å². The molecular formula is C11H12O. The van der Waals surface area contributed by atoms with E-state index in [0.717, 1.165) is 0 Å². The third-order valence-electron chi connectivity index (χ3n) is 2.48. The molecule has 1 N–H and O–H groups in total. The van der Waals surface area contributed by atoms with E-state index in [9.17, 15) is 0 Å². The summed E-state index contributed by atoms with van der Waals surface area (Å²) in [6.45, 7) is 2.35. The lowest BCUT2D eigenvalue weighted by molar-refractivity contribution is 0.285. The molecule has 0 saturated carbocycles. The fourth-order valence-electron chi connectivity index (χ4n) is 1.67. The van der Waals surface area contributed by atoms with Crippen LogP contribution in [0.1, 0.15) is 12.5 Å². The summed E-state index contributed by atoms with van der Waals surface area (Å²) in [4.78, 5) is 0. The van der Waals surface area contributed by atoms with Gasteiger partial charge < -0.3 is 5.11 Å². The van der Waals surface area contributed by atoms with Gasteiger partial charge in [0.15, 0.2) is 0 Å². The lowest BCUT2D eigenvalue weighted by Crippen LogP contribution is -1.89. The molecule has 0 heterocycles. The first-order valence-corrected chi connectivity index (χ1v) is 4.21. The minimum absolute atomic E-state index is 0.260. The summed E-state index contributed by atoms with van der Waals surface area (Å²) >= 11 is 0. The molecular weight excluding hydrogens is 148 g/mol. The second kappa shape index (κ2) is 2.76. The summed E-state index contributed by atoms with van der Waals surface area (Å²) in [6, 6.07) is 10.3. The highest BCUT2D eigenvalue weighted by Crippen LogP contribution is 2.45. The lowest BCUT2D eigenvalue weighted by Gasteiger charge is -1.95. The number of hydrogen-bond acceptors (Lipinski definition) is 1. The van der Waals surface area contributed by atoms with Crippen molar-refractivity contribution in [2.24, 2.45) is 5.92 Å². The predicted molar refractivity (Wildman–Crippen MR) is 49.6 cm³/mol. The summed E-state index contributed by atoms with van der Waals surface area (Å²) in [5.74, 6) is 0.340. The van der Waals surface area contributed by atoms with Crippen molar-refractivity contribution in [3.8, 4) is 0 Å². The van der Waals surface area contributed by atoms with Gasteiger partial charge in [0.05, 0.1) is 6.61 Å². The van der Waals surface area contributed by atoms with Gasteiger partial charge in [-0.3, -0.25) is 0 Å². The molecule has 1 aliphatic rings. The Bertz CT molecular complexity index is 311. The van der Waals surface area contributed by atoms with Crippen LogP contribution in [0.15, 0.2) is 35.9 Å². The van der Waals surface area contributed by atoms with Gasteiger partial charge in [0.2, 0.25) is 0 Å². The van der Waals surface area contributed by atoms with Crippen molar-refractivity contribution in [3.63, 3.8) is 0 Å². The van der Waals surface area contributed by atoms with E-state index in [0.29, 0.717) is 5.92 Å². The quantitative estimate of drug-likeness (QED) is 0.702. The van der Waals surface area contributed by atoms with Gasteiger partial charge in [0, 0.05) is 5.92 Å². The molecule has 1 atom stereocenters. The zero-order valence-corrected chi connectivity index (χ0v) is 7.12. The summed E-state index contributed by atoms with van der Waals surface area (Å²) in [5.41, 5.74) is 3.93. The van der Waals surface area contributed by atoms with Gasteiger partial charge in [-0.15, -0.1) is 0 Å². The fourth-order valence-corrected chi connectivity index (χ4v) is 1.67. The molecule has 2 rings (SSSR count). The molecule has 12 heavy (non-hydrogen) atoms. The Morgan fingerprint density at radius 2 is 1.92 bits per heavy atom. The van der Waals surface area contributed by atoms with Gasteiger partial charge >= 0.3 is 0 Å². The highest BCUT2D eigenvalue weighted by atomic mass is 16.3. The van der Waals surface area contributed by atoms with Crippen molar-refractivity contribution in [1.82, 2.24) is 0 Å². The van der Waals surface area contributed by atoms with E-state index >= 15 is 0 Å². The molecule has 62 valence electrons. The van der Waals surface area contributed by atoms with Gasteiger partial charge in [-0.05, 0) is 18.1 Å². The van der Waals surface area contributed by atoms with E-state index in [-0.39, 0.29) is 6.61 Å². The second-order valence-corrected chi connectivity index (χ2v) is 3.20. The van der Waals surface area contributed by atoms with Crippen molar-refractivity contribution in [2.45, 2.75) is 6.92 Å². The molecule has 0 amide bonds. The summed E-state index contributed by atoms with van der Waals surface area (Å²) < 4.78 is 0. The molecule has 0 fully saturated rings. The molecule has 1 aromatic carbocycles. The van der Waals surface area contributed by atoms with Crippen LogP contribution in [-0.2, 0) is 0 Å². The standard InChI is InChI=1S/C11H12O/c1-8-10(7-12)11(8)9-5-3-2-4-6-9/h2-6,10,12H,7H2,1H3/t10-/m1/s1. The summed E-state index contributed by atoms with van der Waals surface area (Å²) in [7, 11) is 0. The Balaban J connectivity index is 2.24. The number of aliphatic hydroxyl groups excluding tert-OH is 1. The van der Waals surface area contributed by atoms with Crippen LogP contribution in [0.4, 0.5) is 0 Å². The molecule has 0 aromatic heterocycles. The Labute approximate surface area is 72.4 Å². The van der Waals surface area contributed by atoms with Crippen LogP contribution in [0.2, 0.25) is 0 Å². The van der Waals surface area contributed by atoms with Crippen molar-refractivity contribution < 1.29 is 5.11 Å². The Hall–Kier alpha value is -1.08. The van der Waals surface area contributed by atoms with Crippen LogP contribution in [0.25, 0.3) is 5.57 Å². The molecule has 1 aromatic rings. The maximum atomic E-state index is 8.97. The first-order chi connectivity index (χ1) is 5.84. The minimum atomic E-state index is 0.260. The average molecular weight is 160 g/mol. The molecule has 0 saturated heterocycles. The zero-order valence-electron chi connectivity index (χ0n) is 7.12. The highest BCUT2D eigenvalue weighted by molar-refractivity contribution is 5.85. The zero-order chi connectivity index (χ0) is 8.55. The molecule has 1 aliphatic carbocycles. The lowest BCUT2D eigenvalue weighted by atomic mass is 10.1. The van der Waals surface area contributed by atoms with Gasteiger partial charge in [-0.1, -0.05) is 35.9 Å². The Morgan fingerprint density at radius 1 is 1.25 bits per heavy atom. The Kier molecular flexibility index (Phi) is 1.74. The van der Waals surface area contributed by atoms with Crippen LogP contribution >= 0.6 is 0 Å². The maximum Gasteiger partial charge on any atom is 0.0537 e. The third kappa shape index (κ3) is 1.07. The second-order valence-electron chi connectivity index (χ2n) is 3.20. The van der Waals surface area contributed by atoms with E-state index < -0.39 is 0 Å². The van der Waals surface area contributed by atoms with E-state index in [1.165, 1.54) is 16.7 Å². The Morgan fingerprint density at radius 3 is 2.42 bits per heavy atom. The monoisotopic (exact) mass is 160 g/mol. The third-order valence-corrected chi connectivity index (χ3v) is 2.48. The largest absolute Gasteiger partial charge is 0.395 e. The smallest absolute Gasteiger partial charge is 0.0537 e. The SMILES string of the molecule is CC1=C(c2ccccc2)[C@@H]1CO. The van der Waals surface area contributed by atoms with Gasteiger partial charge in [0.25, 0.3) is 0 Å². The minimum Gasteiger partial charge on any atom is -0.395 e. The molecule has 1 nitrogen and oxygen atoms in total. The number of rotatable bonds is 2. The van der Waals surface area contributed by atoms with Crippen LogP contribution in [-0.4, -0.2) is 11.7 Å². The van der Waals surface area contributed by atoms with E-state index in [4.69, 9.17) is 5.11 Å². The molecule has 1 heteroatoms. The van der Waals surface area contributed by atoms with Crippen LogP contribution < -0.4 is 0 Å². The van der Waals surface area contributed by atoms with Gasteiger partial charge in [-0.25, -0.2) is 0 Å². The van der Waals surface area contributed by atoms with Crippen LogP contribution in [0.5, 0.6) is 0 Å². The van der Waals surface area contributed by atoms with Gasteiger partial charge in [-0.2, -0.15) is 0 Å². The summed E-state index contributed by atoms with van der Waals surface area (Å²) in [5, 5.41) is 8.97. The normalized spacial score (nSPS) is 21.3. The van der Waals surface area contributed by atoms with Gasteiger partial charge in [0.1, 0.15) is 0 Å². The van der Waals surface area contributed by atoms with Crippen molar-refractivity contribution in [1.29, 1.82) is 0 Å². The van der Waals surface area contributed by atoms with E-state index in [1.807, 2.05) is 18.2 Å². The van der Waals surface area contributed by atoms with Crippen molar-refractivity contribution in [2.75, 3.05) is 6.61 Å². The van der Waals surface area contributed by atoms with Crippen LogP contribution in [0.3, 0.4) is 0 Å². The maximum absolute atomic E-state index is 8.97. The highest BCUT2D eigenvalue weighted by Gasteiger charge is 2.32. The first-order valence-electron chi connectivity index (χ1n) is 4.21. The molecule has 0 spiro atoms. The molecule has 0 bridgehead atoms. The average Bonchev–Trinajstić information content (AvgIpc) is 2.78. The fraction of sp³-hybridized carbons (Fsp3) is 0.273. The van der Waals surface area contributed by atoms with E-state index in [2.05, 4.69) is 19.1 Å². The summed E-state index contributed by atoms with van der Waals surface area (Å²) in [6.07, 6.45) is 0. The molecule has 0 aliphatic heterocycles. The molecule has 0 radical (unpaired) electrons. The predicted octanol–water partition coefficient (Wildman–Crippen LogP) is 2.08. The molecule has 0 unspecified atom stereocenters. The van der Waals surface area contributed by atoms with Crippen molar-refractivity contribution in [3.05, 3.63) is 41.5 Å². The number of benzene rings is 1. The topological polar surface area (TPSA) is 20.2 Å². The van der Waals surface area contributed by atoms with Crippen molar-refractivity contribution >= 4 is 5.57 Å². The number of aliphatic hydroxyl groups is 1. The number of hydrogen-bond donors (Lipinski definition) is 1.